The van der Waals surface area contributed by atoms with Gasteiger partial charge in [0.1, 0.15) is 16.0 Å². The van der Waals surface area contributed by atoms with Crippen LogP contribution in [-0.4, -0.2) is 30.5 Å². The van der Waals surface area contributed by atoms with E-state index in [1.165, 1.54) is 30.3 Å². The number of amides is 1. The van der Waals surface area contributed by atoms with E-state index in [-0.39, 0.29) is 54.7 Å². The second-order valence-corrected chi connectivity index (χ2v) is 9.93. The van der Waals surface area contributed by atoms with Gasteiger partial charge in [0.2, 0.25) is 15.0 Å². The summed E-state index contributed by atoms with van der Waals surface area (Å²) in [5.41, 5.74) is 0.115. The number of hydrogen-bond donors (Lipinski definition) is 2. The van der Waals surface area contributed by atoms with E-state index in [2.05, 4.69) is 31.2 Å². The first kappa shape index (κ1) is 24.0. The number of H-pyrrole nitrogens is 1. The Hall–Kier alpha value is -2.65. The van der Waals surface area contributed by atoms with Crippen molar-refractivity contribution in [1.82, 2.24) is 15.3 Å². The molecule has 1 amide bonds. The van der Waals surface area contributed by atoms with Gasteiger partial charge in [-0.1, -0.05) is 29.3 Å². The lowest BCUT2D eigenvalue weighted by Crippen LogP contribution is -2.24. The van der Waals surface area contributed by atoms with Crippen LogP contribution in [0, 0.1) is 17.1 Å². The topological polar surface area (TPSA) is 125 Å². The Morgan fingerprint density at radius 1 is 1.34 bits per heavy atom. The molecule has 3 rings (SSSR count). The number of carbonyl (C=O) groups is 1. The quantitative estimate of drug-likeness (QED) is 0.452. The minimum absolute atomic E-state index is 0.00900. The normalized spacial score (nSPS) is 11.1. The molecule has 0 unspecified atom stereocenters. The first-order chi connectivity index (χ1) is 15.0. The average Bonchev–Trinajstić information content (AvgIpc) is 3.12. The molecule has 1 aromatic heterocycles. The van der Waals surface area contributed by atoms with Crippen LogP contribution in [0.1, 0.15) is 21.6 Å². The number of rotatable bonds is 6. The number of aromatic nitrogens is 2. The van der Waals surface area contributed by atoms with Crippen LogP contribution in [-0.2, 0) is 16.4 Å². The molecule has 0 fully saturated rings. The average molecular weight is 562 g/mol. The third-order valence-electron chi connectivity index (χ3n) is 4.00. The van der Waals surface area contributed by atoms with Gasteiger partial charge in [-0.15, -0.1) is 0 Å². The molecule has 0 saturated heterocycles. The third-order valence-corrected chi connectivity index (χ3v) is 5.99. The molecule has 13 heteroatoms. The number of sulfone groups is 1. The summed E-state index contributed by atoms with van der Waals surface area (Å²) in [7, 11) is -3.66. The van der Waals surface area contributed by atoms with Crippen LogP contribution in [0.25, 0.3) is 0 Å². The van der Waals surface area contributed by atoms with Crippen molar-refractivity contribution in [2.24, 2.45) is 0 Å². The number of halogens is 4. The fourth-order valence-corrected chi connectivity index (χ4v) is 4.06. The molecule has 0 saturated carbocycles. The summed E-state index contributed by atoms with van der Waals surface area (Å²) >= 11 is 15.0. The number of aromatic amines is 1. The Morgan fingerprint density at radius 2 is 2.06 bits per heavy atom. The summed E-state index contributed by atoms with van der Waals surface area (Å²) in [4.78, 5) is 18.6. The van der Waals surface area contributed by atoms with Crippen LogP contribution in [0.15, 0.2) is 40.1 Å². The minimum atomic E-state index is -3.66. The van der Waals surface area contributed by atoms with Crippen molar-refractivity contribution < 1.29 is 22.3 Å². The molecule has 0 aliphatic heterocycles. The fraction of sp³-hybridized carbons (Fsp3) is 0.105. The first-order valence-corrected chi connectivity index (χ1v) is 12.0. The summed E-state index contributed by atoms with van der Waals surface area (Å²) in [5, 5.41) is 11.3. The Kier molecular flexibility index (Phi) is 7.09. The summed E-state index contributed by atoms with van der Waals surface area (Å²) in [5.74, 6) is -1.77. The molecule has 2 aromatic carbocycles. The largest absolute Gasteiger partial charge is 0.453 e. The van der Waals surface area contributed by atoms with Crippen molar-refractivity contribution >= 4 is 54.9 Å². The standard InChI is InChI=1S/C19H12BrCl2FN4O4S/c1-32(29,30)19-26-15(17(20)27-19)18(28)25-8-10-2-3-13(22)16(14(10)23)31-12-5-9(7-24)4-11(21)6-12/h2-6H,8H2,1H3,(H,25,28)(H,26,27). The smallest absolute Gasteiger partial charge is 0.270 e. The highest BCUT2D eigenvalue weighted by Crippen LogP contribution is 2.35. The number of ether oxygens (including phenoxy) is 1. The Morgan fingerprint density at radius 3 is 2.69 bits per heavy atom. The van der Waals surface area contributed by atoms with Gasteiger partial charge in [0, 0.05) is 23.4 Å². The minimum Gasteiger partial charge on any atom is -0.453 e. The lowest BCUT2D eigenvalue weighted by Gasteiger charge is -2.13. The molecule has 0 aliphatic carbocycles. The summed E-state index contributed by atoms with van der Waals surface area (Å²) in [6, 6.07) is 8.82. The van der Waals surface area contributed by atoms with Crippen LogP contribution in [0.4, 0.5) is 4.39 Å². The van der Waals surface area contributed by atoms with E-state index >= 15 is 4.39 Å². The number of carbonyl (C=O) groups excluding carboxylic acids is 1. The second kappa shape index (κ2) is 9.46. The van der Waals surface area contributed by atoms with Crippen LogP contribution < -0.4 is 10.1 Å². The Balaban J connectivity index is 1.82. The summed E-state index contributed by atoms with van der Waals surface area (Å²) in [6.07, 6.45) is 0.935. The third kappa shape index (κ3) is 5.39. The summed E-state index contributed by atoms with van der Waals surface area (Å²) < 4.78 is 43.7. The molecule has 0 bridgehead atoms. The maximum absolute atomic E-state index is 15.0. The zero-order valence-corrected chi connectivity index (χ0v) is 20.0. The molecule has 0 aliphatic rings. The van der Waals surface area contributed by atoms with Crippen molar-refractivity contribution in [3.8, 4) is 17.6 Å². The van der Waals surface area contributed by atoms with E-state index in [4.69, 9.17) is 33.2 Å². The van der Waals surface area contributed by atoms with E-state index in [0.717, 1.165) is 6.26 Å². The Bertz CT molecular complexity index is 1370. The van der Waals surface area contributed by atoms with Gasteiger partial charge >= 0.3 is 0 Å². The van der Waals surface area contributed by atoms with E-state index in [1.54, 1.807) is 0 Å². The highest BCUT2D eigenvalue weighted by atomic mass is 79.9. The number of nitrogens with one attached hydrogen (secondary N) is 2. The number of nitrogens with zero attached hydrogens (tertiary/aromatic N) is 2. The lowest BCUT2D eigenvalue weighted by molar-refractivity contribution is 0.0945. The number of benzene rings is 2. The van der Waals surface area contributed by atoms with Crippen molar-refractivity contribution in [2.45, 2.75) is 11.7 Å². The predicted octanol–water partition coefficient (Wildman–Crippen LogP) is 4.62. The predicted molar refractivity (Wildman–Crippen MR) is 118 cm³/mol. The van der Waals surface area contributed by atoms with E-state index in [9.17, 15) is 13.2 Å². The molecule has 166 valence electrons. The van der Waals surface area contributed by atoms with Crippen LogP contribution in [0.5, 0.6) is 11.5 Å². The number of imidazole rings is 1. The van der Waals surface area contributed by atoms with Gasteiger partial charge < -0.3 is 15.0 Å². The second-order valence-electron chi connectivity index (χ2n) is 6.40. The van der Waals surface area contributed by atoms with Gasteiger partial charge in [0.05, 0.1) is 16.7 Å². The fourth-order valence-electron chi connectivity index (χ4n) is 2.53. The van der Waals surface area contributed by atoms with Gasteiger partial charge in [-0.05, 0) is 40.2 Å². The maximum Gasteiger partial charge on any atom is 0.270 e. The van der Waals surface area contributed by atoms with Gasteiger partial charge in [-0.3, -0.25) is 4.79 Å². The number of hydrogen-bond acceptors (Lipinski definition) is 6. The number of nitriles is 1. The van der Waals surface area contributed by atoms with Crippen molar-refractivity contribution in [2.75, 3.05) is 6.26 Å². The molecule has 3 aromatic rings. The zero-order valence-electron chi connectivity index (χ0n) is 16.0. The zero-order chi connectivity index (χ0) is 23.6. The molecule has 8 nitrogen and oxygen atoms in total. The van der Waals surface area contributed by atoms with E-state index < -0.39 is 21.6 Å². The molecular formula is C19H12BrCl2FN4O4S. The SMILES string of the molecule is CS(=O)(=O)c1nc(Br)c(C(=O)NCc2ccc(Cl)c(Oc3cc(Cl)cc(C#N)c3)c2F)[nH]1. The highest BCUT2D eigenvalue weighted by Gasteiger charge is 2.21. The molecule has 2 N–H and O–H groups in total. The monoisotopic (exact) mass is 560 g/mol. The molecule has 32 heavy (non-hydrogen) atoms. The van der Waals surface area contributed by atoms with Crippen molar-refractivity contribution in [3.63, 3.8) is 0 Å². The molecule has 0 atom stereocenters. The first-order valence-electron chi connectivity index (χ1n) is 8.58. The van der Waals surface area contributed by atoms with Gasteiger partial charge in [0.25, 0.3) is 5.91 Å². The maximum atomic E-state index is 15.0. The van der Waals surface area contributed by atoms with Gasteiger partial charge in [-0.25, -0.2) is 17.8 Å². The van der Waals surface area contributed by atoms with Gasteiger partial charge in [0.15, 0.2) is 11.6 Å². The van der Waals surface area contributed by atoms with Gasteiger partial charge in [-0.2, -0.15) is 5.26 Å². The van der Waals surface area contributed by atoms with E-state index in [0.29, 0.717) is 0 Å². The summed E-state index contributed by atoms with van der Waals surface area (Å²) in [6.45, 7) is -0.267. The van der Waals surface area contributed by atoms with Crippen molar-refractivity contribution in [1.29, 1.82) is 5.26 Å². The Labute approximate surface area is 200 Å². The molecular weight excluding hydrogens is 550 g/mol. The lowest BCUT2D eigenvalue weighted by atomic mass is 10.2. The van der Waals surface area contributed by atoms with E-state index in [1.807, 2.05) is 6.07 Å². The van der Waals surface area contributed by atoms with Crippen LogP contribution in [0.3, 0.4) is 0 Å². The highest BCUT2D eigenvalue weighted by molar-refractivity contribution is 9.10. The molecule has 0 spiro atoms. The van der Waals surface area contributed by atoms with Crippen LogP contribution >= 0.6 is 39.1 Å². The van der Waals surface area contributed by atoms with Crippen molar-refractivity contribution in [3.05, 3.63) is 67.6 Å². The molecule has 0 radical (unpaired) electrons. The molecule has 1 heterocycles. The van der Waals surface area contributed by atoms with Crippen LogP contribution in [0.2, 0.25) is 10.0 Å².